The first-order valence-corrected chi connectivity index (χ1v) is 6.65. The van der Waals surface area contributed by atoms with E-state index < -0.39 is 0 Å². The van der Waals surface area contributed by atoms with Crippen molar-refractivity contribution in [3.63, 3.8) is 0 Å². The number of hydrogen-bond acceptors (Lipinski definition) is 5. The summed E-state index contributed by atoms with van der Waals surface area (Å²) in [5.74, 6) is 0.967. The van der Waals surface area contributed by atoms with E-state index in [0.29, 0.717) is 29.4 Å². The second kappa shape index (κ2) is 6.84. The second-order valence-electron chi connectivity index (χ2n) is 4.59. The van der Waals surface area contributed by atoms with Crippen molar-refractivity contribution in [2.75, 3.05) is 21.3 Å². The molecule has 0 fully saturated rings. The molecule has 1 aromatic carbocycles. The predicted molar refractivity (Wildman–Crippen MR) is 80.5 cm³/mol. The number of hydrogen-bond donors (Lipinski definition) is 1. The van der Waals surface area contributed by atoms with Crippen LogP contribution in [-0.2, 0) is 13.6 Å². The van der Waals surface area contributed by atoms with E-state index in [0.717, 1.165) is 5.56 Å². The highest BCUT2D eigenvalue weighted by Crippen LogP contribution is 2.39. The van der Waals surface area contributed by atoms with E-state index >= 15 is 0 Å². The Morgan fingerprint density at radius 3 is 2.45 bits per heavy atom. The van der Waals surface area contributed by atoms with Gasteiger partial charge in [0.1, 0.15) is 0 Å². The van der Waals surface area contributed by atoms with Gasteiger partial charge >= 0.3 is 0 Å². The van der Waals surface area contributed by atoms with Crippen LogP contribution in [0.3, 0.4) is 0 Å². The maximum Gasteiger partial charge on any atom is 0.255 e. The summed E-state index contributed by atoms with van der Waals surface area (Å²) in [6.07, 6.45) is 3.54. The first-order valence-electron chi connectivity index (χ1n) is 6.65. The number of ether oxygens (including phenoxy) is 3. The highest BCUT2D eigenvalue weighted by molar-refractivity contribution is 5.98. The zero-order valence-corrected chi connectivity index (χ0v) is 13.0. The average molecular weight is 305 g/mol. The van der Waals surface area contributed by atoms with Crippen molar-refractivity contribution in [3.05, 3.63) is 35.7 Å². The van der Waals surface area contributed by atoms with Gasteiger partial charge in [-0.1, -0.05) is 0 Å². The zero-order chi connectivity index (χ0) is 16.1. The van der Waals surface area contributed by atoms with E-state index in [4.69, 9.17) is 14.2 Å². The Labute approximate surface area is 128 Å². The number of rotatable bonds is 6. The minimum Gasteiger partial charge on any atom is -0.493 e. The van der Waals surface area contributed by atoms with Gasteiger partial charge in [-0.25, -0.2) is 0 Å². The number of amides is 1. The van der Waals surface area contributed by atoms with Gasteiger partial charge in [-0.2, -0.15) is 5.10 Å². The van der Waals surface area contributed by atoms with Crippen LogP contribution in [0.1, 0.15) is 15.9 Å². The summed E-state index contributed by atoms with van der Waals surface area (Å²) >= 11 is 0. The van der Waals surface area contributed by atoms with Crippen LogP contribution in [0.5, 0.6) is 17.2 Å². The van der Waals surface area contributed by atoms with Crippen molar-refractivity contribution < 1.29 is 19.0 Å². The molecular formula is C15H19N3O4. The Morgan fingerprint density at radius 1 is 1.18 bits per heavy atom. The number of aromatic nitrogens is 2. The minimum absolute atomic E-state index is 0.262. The van der Waals surface area contributed by atoms with Gasteiger partial charge in [0.2, 0.25) is 5.75 Å². The highest BCUT2D eigenvalue weighted by Gasteiger charge is 2.20. The highest BCUT2D eigenvalue weighted by atomic mass is 16.5. The Balaban J connectivity index is 2.21. The lowest BCUT2D eigenvalue weighted by Gasteiger charge is -2.15. The third-order valence-corrected chi connectivity index (χ3v) is 3.16. The molecule has 0 bridgehead atoms. The van der Waals surface area contributed by atoms with Crippen molar-refractivity contribution in [3.8, 4) is 17.2 Å². The summed E-state index contributed by atoms with van der Waals surface area (Å²) in [7, 11) is 6.33. The summed E-state index contributed by atoms with van der Waals surface area (Å²) in [6.45, 7) is 0.379. The van der Waals surface area contributed by atoms with E-state index in [1.807, 2.05) is 13.2 Å². The minimum atomic E-state index is -0.262. The predicted octanol–water partition coefficient (Wildman–Crippen LogP) is 1.38. The van der Waals surface area contributed by atoms with Crippen molar-refractivity contribution >= 4 is 5.91 Å². The lowest BCUT2D eigenvalue weighted by molar-refractivity contribution is 0.0947. The van der Waals surface area contributed by atoms with Gasteiger partial charge in [0.05, 0.1) is 33.1 Å². The number of carbonyl (C=O) groups excluding carboxylic acids is 1. The molecule has 2 rings (SSSR count). The van der Waals surface area contributed by atoms with Crippen LogP contribution in [0.15, 0.2) is 24.5 Å². The first kappa shape index (κ1) is 15.7. The molecule has 0 saturated carbocycles. The fraction of sp³-hybridized carbons (Fsp3) is 0.333. The average Bonchev–Trinajstić information content (AvgIpc) is 2.96. The molecule has 0 aliphatic carbocycles. The van der Waals surface area contributed by atoms with Gasteiger partial charge in [0, 0.05) is 25.4 Å². The molecule has 118 valence electrons. The van der Waals surface area contributed by atoms with Gasteiger partial charge in [0.25, 0.3) is 5.91 Å². The molecule has 7 heteroatoms. The van der Waals surface area contributed by atoms with E-state index in [-0.39, 0.29) is 5.91 Å². The number of carbonyl (C=O) groups is 1. The van der Waals surface area contributed by atoms with E-state index in [1.54, 1.807) is 23.0 Å². The first-order chi connectivity index (χ1) is 10.6. The quantitative estimate of drug-likeness (QED) is 0.872. The summed E-state index contributed by atoms with van der Waals surface area (Å²) < 4.78 is 17.5. The zero-order valence-electron chi connectivity index (χ0n) is 13.0. The smallest absolute Gasteiger partial charge is 0.255 e. The fourth-order valence-corrected chi connectivity index (χ4v) is 2.12. The molecule has 0 aliphatic rings. The number of nitrogens with zero attached hydrogens (tertiary/aromatic N) is 2. The molecule has 0 aliphatic heterocycles. The van der Waals surface area contributed by atoms with Crippen LogP contribution >= 0.6 is 0 Å². The lowest BCUT2D eigenvalue weighted by Crippen LogP contribution is -2.23. The van der Waals surface area contributed by atoms with Crippen LogP contribution in [0.25, 0.3) is 0 Å². The molecule has 7 nitrogen and oxygen atoms in total. The van der Waals surface area contributed by atoms with Crippen LogP contribution < -0.4 is 19.5 Å². The van der Waals surface area contributed by atoms with Crippen LogP contribution in [0.4, 0.5) is 0 Å². The molecular weight excluding hydrogens is 286 g/mol. The van der Waals surface area contributed by atoms with Gasteiger partial charge < -0.3 is 19.5 Å². The number of aryl methyl sites for hydroxylation is 1. The lowest BCUT2D eigenvalue weighted by atomic mass is 10.1. The van der Waals surface area contributed by atoms with E-state index in [2.05, 4.69) is 10.4 Å². The molecule has 0 unspecified atom stereocenters. The van der Waals surface area contributed by atoms with Crippen LogP contribution in [-0.4, -0.2) is 37.0 Å². The molecule has 1 aromatic heterocycles. The molecule has 1 heterocycles. The normalized spacial score (nSPS) is 10.2. The van der Waals surface area contributed by atoms with Crippen LogP contribution in [0, 0.1) is 0 Å². The summed E-state index contributed by atoms with van der Waals surface area (Å²) in [6, 6.07) is 3.30. The van der Waals surface area contributed by atoms with Gasteiger partial charge in [0.15, 0.2) is 11.5 Å². The Morgan fingerprint density at radius 2 is 1.91 bits per heavy atom. The SMILES string of the molecule is COc1ccc(C(=O)NCc2cnn(C)c2)c(OC)c1OC. The third kappa shape index (κ3) is 3.13. The third-order valence-electron chi connectivity index (χ3n) is 3.16. The Bertz CT molecular complexity index is 667. The van der Waals surface area contributed by atoms with Crippen molar-refractivity contribution in [1.29, 1.82) is 0 Å². The molecule has 1 amide bonds. The fourth-order valence-electron chi connectivity index (χ4n) is 2.12. The summed E-state index contributed by atoms with van der Waals surface area (Å²) in [4.78, 5) is 12.4. The molecule has 22 heavy (non-hydrogen) atoms. The number of nitrogens with one attached hydrogen (secondary N) is 1. The van der Waals surface area contributed by atoms with Gasteiger partial charge in [-0.3, -0.25) is 9.48 Å². The van der Waals surface area contributed by atoms with Gasteiger partial charge in [-0.05, 0) is 12.1 Å². The molecule has 1 N–H and O–H groups in total. The van der Waals surface area contributed by atoms with Crippen molar-refractivity contribution in [2.24, 2.45) is 7.05 Å². The van der Waals surface area contributed by atoms with Crippen LogP contribution in [0.2, 0.25) is 0 Å². The maximum atomic E-state index is 12.4. The van der Waals surface area contributed by atoms with E-state index in [1.165, 1.54) is 21.3 Å². The van der Waals surface area contributed by atoms with Gasteiger partial charge in [-0.15, -0.1) is 0 Å². The Hall–Kier alpha value is -2.70. The molecule has 0 spiro atoms. The standard InChI is InChI=1S/C15H19N3O4/c1-18-9-10(8-17-18)7-16-15(19)11-5-6-12(20-2)14(22-4)13(11)21-3/h5-6,8-9H,7H2,1-4H3,(H,16,19). The molecule has 0 saturated heterocycles. The molecule has 2 aromatic rings. The summed E-state index contributed by atoms with van der Waals surface area (Å²) in [5, 5.41) is 6.88. The molecule has 0 radical (unpaired) electrons. The number of methoxy groups -OCH3 is 3. The second-order valence-corrected chi connectivity index (χ2v) is 4.59. The maximum absolute atomic E-state index is 12.4. The largest absolute Gasteiger partial charge is 0.493 e. The Kier molecular flexibility index (Phi) is 4.88. The van der Waals surface area contributed by atoms with Crippen molar-refractivity contribution in [1.82, 2.24) is 15.1 Å². The van der Waals surface area contributed by atoms with Crippen molar-refractivity contribution in [2.45, 2.75) is 6.54 Å². The number of benzene rings is 1. The monoisotopic (exact) mass is 305 g/mol. The van der Waals surface area contributed by atoms with E-state index in [9.17, 15) is 4.79 Å². The topological polar surface area (TPSA) is 74.6 Å². The molecule has 0 atom stereocenters. The summed E-state index contributed by atoms with van der Waals surface area (Å²) in [5.41, 5.74) is 1.29.